The number of nitrogens with one attached hydrogen (secondary N) is 1. The summed E-state index contributed by atoms with van der Waals surface area (Å²) in [7, 11) is 1.43. The molecular weight excluding hydrogens is 471 g/mol. The maximum Gasteiger partial charge on any atom is 0.326 e. The Kier molecular flexibility index (Phi) is 6.07. The van der Waals surface area contributed by atoms with Crippen molar-refractivity contribution in [2.45, 2.75) is 17.2 Å². The predicted molar refractivity (Wildman–Crippen MR) is 112 cm³/mol. The van der Waals surface area contributed by atoms with Crippen molar-refractivity contribution in [2.24, 2.45) is 23.7 Å². The number of fused-ring (bicyclic) bond motifs is 5. The molecule has 1 N–H and O–H groups in total. The number of likely N-dealkylation sites (tertiary alicyclic amines) is 1. The van der Waals surface area contributed by atoms with Crippen LogP contribution in [0.15, 0.2) is 18.2 Å². The lowest BCUT2D eigenvalue weighted by Gasteiger charge is -2.28. The highest BCUT2D eigenvalue weighted by molar-refractivity contribution is 6.31. The lowest BCUT2D eigenvalue weighted by molar-refractivity contribution is -0.154. The first-order valence-corrected chi connectivity index (χ1v) is 10.9. The zero-order chi connectivity index (χ0) is 22.4. The normalized spacial score (nSPS) is 31.0. The van der Waals surface area contributed by atoms with Gasteiger partial charge in [0.05, 0.1) is 35.4 Å². The van der Waals surface area contributed by atoms with E-state index in [9.17, 15) is 19.2 Å². The number of rotatable bonds is 6. The van der Waals surface area contributed by atoms with E-state index < -0.39 is 48.7 Å². The Labute approximate surface area is 193 Å². The number of carbonyl (C=O) groups is 4. The zero-order valence-electron chi connectivity index (χ0n) is 16.3. The summed E-state index contributed by atoms with van der Waals surface area (Å²) in [4.78, 5) is 50.7. The van der Waals surface area contributed by atoms with Gasteiger partial charge in [-0.05, 0) is 36.5 Å². The Hall–Kier alpha value is -2.03. The molecule has 8 nitrogen and oxygen atoms in total. The lowest BCUT2D eigenvalue weighted by atomic mass is 9.80. The van der Waals surface area contributed by atoms with Crippen LogP contribution in [0.5, 0.6) is 5.75 Å². The highest BCUT2D eigenvalue weighted by Gasteiger charge is 2.66. The Balaban J connectivity index is 1.33. The van der Waals surface area contributed by atoms with Crippen LogP contribution in [-0.2, 0) is 23.9 Å². The number of hydrogen-bond acceptors (Lipinski definition) is 6. The summed E-state index contributed by atoms with van der Waals surface area (Å²) in [6.45, 7) is -1.16. The molecule has 11 heteroatoms. The quantitative estimate of drug-likeness (QED) is 0.374. The molecule has 1 saturated heterocycles. The molecule has 2 aliphatic carbocycles. The summed E-state index contributed by atoms with van der Waals surface area (Å²) in [6, 6.07) is 4.67. The van der Waals surface area contributed by atoms with Crippen LogP contribution in [0.1, 0.15) is 6.42 Å². The number of imide groups is 1. The molecule has 166 valence electrons. The van der Waals surface area contributed by atoms with Gasteiger partial charge in [-0.2, -0.15) is 0 Å². The van der Waals surface area contributed by atoms with E-state index in [1.54, 1.807) is 12.1 Å². The van der Waals surface area contributed by atoms with Gasteiger partial charge in [-0.15, -0.1) is 23.2 Å². The lowest BCUT2D eigenvalue weighted by Crippen LogP contribution is -2.38. The summed E-state index contributed by atoms with van der Waals surface area (Å²) in [5.74, 6) is -3.39. The van der Waals surface area contributed by atoms with Gasteiger partial charge in [0, 0.05) is 5.02 Å². The van der Waals surface area contributed by atoms with Crippen LogP contribution in [0.2, 0.25) is 5.02 Å². The minimum absolute atomic E-state index is 0.171. The van der Waals surface area contributed by atoms with Crippen LogP contribution in [0.4, 0.5) is 5.69 Å². The molecule has 1 aromatic rings. The molecule has 1 aromatic carbocycles. The van der Waals surface area contributed by atoms with Crippen molar-refractivity contribution in [3.8, 4) is 5.75 Å². The third-order valence-electron chi connectivity index (χ3n) is 6.17. The van der Waals surface area contributed by atoms with Crippen molar-refractivity contribution in [1.29, 1.82) is 0 Å². The number of halogens is 3. The summed E-state index contributed by atoms with van der Waals surface area (Å²) < 4.78 is 10.1. The van der Waals surface area contributed by atoms with Gasteiger partial charge in [0.25, 0.3) is 5.91 Å². The number of alkyl halides is 2. The molecule has 4 rings (SSSR count). The van der Waals surface area contributed by atoms with E-state index in [0.29, 0.717) is 22.9 Å². The number of ether oxygens (including phenoxy) is 2. The number of carbonyl (C=O) groups excluding carboxylic acids is 4. The molecule has 6 atom stereocenters. The Morgan fingerprint density at radius 3 is 2.32 bits per heavy atom. The maximum atomic E-state index is 12.7. The summed E-state index contributed by atoms with van der Waals surface area (Å²) in [5, 5.41) is 2.17. The number of benzene rings is 1. The van der Waals surface area contributed by atoms with Gasteiger partial charge in [-0.25, -0.2) is 0 Å². The highest BCUT2D eigenvalue weighted by atomic mass is 35.5. The van der Waals surface area contributed by atoms with Gasteiger partial charge in [0.1, 0.15) is 12.3 Å². The fourth-order valence-electron chi connectivity index (χ4n) is 4.85. The molecule has 0 unspecified atom stereocenters. The van der Waals surface area contributed by atoms with Gasteiger partial charge in [0.2, 0.25) is 11.8 Å². The molecule has 0 spiro atoms. The fourth-order valence-corrected chi connectivity index (χ4v) is 5.92. The van der Waals surface area contributed by atoms with E-state index in [1.165, 1.54) is 13.2 Å². The summed E-state index contributed by atoms with van der Waals surface area (Å²) in [5.41, 5.74) is 0.315. The summed E-state index contributed by atoms with van der Waals surface area (Å²) in [6.07, 6.45) is 0.639. The van der Waals surface area contributed by atoms with Crippen LogP contribution in [0.3, 0.4) is 0 Å². The zero-order valence-corrected chi connectivity index (χ0v) is 18.6. The SMILES string of the molecule is COc1ccc(Cl)cc1NC(=O)COC(=O)CN1C(=O)[C@@H]2[C@H]3C[C@@H]([C@H](Cl)[C@H]3Cl)[C@H]2C1=O. The van der Waals surface area contributed by atoms with Crippen LogP contribution in [0.25, 0.3) is 0 Å². The van der Waals surface area contributed by atoms with Crippen LogP contribution in [-0.4, -0.2) is 59.6 Å². The summed E-state index contributed by atoms with van der Waals surface area (Å²) >= 11 is 18.5. The number of methoxy groups -OCH3 is 1. The van der Waals surface area contributed by atoms with Gasteiger partial charge < -0.3 is 14.8 Å². The number of esters is 1. The first-order valence-electron chi connectivity index (χ1n) is 9.65. The van der Waals surface area contributed by atoms with E-state index >= 15 is 0 Å². The Morgan fingerprint density at radius 1 is 1.13 bits per heavy atom. The van der Waals surface area contributed by atoms with E-state index in [0.717, 1.165) is 4.90 Å². The monoisotopic (exact) mass is 488 g/mol. The number of hydrogen-bond donors (Lipinski definition) is 1. The molecule has 2 bridgehead atoms. The van der Waals surface area contributed by atoms with Crippen molar-refractivity contribution < 1.29 is 28.7 Å². The van der Waals surface area contributed by atoms with E-state index in [4.69, 9.17) is 44.3 Å². The number of nitrogens with zero attached hydrogens (tertiary/aromatic N) is 1. The molecule has 0 radical (unpaired) electrons. The predicted octanol–water partition coefficient (Wildman–Crippen LogP) is 2.30. The maximum absolute atomic E-state index is 12.7. The second-order valence-corrected chi connectivity index (χ2v) is 9.26. The molecule has 2 saturated carbocycles. The molecule has 3 aliphatic rings. The van der Waals surface area contributed by atoms with E-state index in [1.807, 2.05) is 0 Å². The van der Waals surface area contributed by atoms with Crippen molar-refractivity contribution in [2.75, 3.05) is 25.6 Å². The van der Waals surface area contributed by atoms with Gasteiger partial charge >= 0.3 is 5.97 Å². The van der Waals surface area contributed by atoms with Crippen molar-refractivity contribution in [3.05, 3.63) is 23.2 Å². The standard InChI is InChI=1S/C20H19Cl3N2O6/c1-30-12-3-2-8(21)4-11(12)24-13(26)7-31-14(27)6-25-19(28)15-9-5-10(16(15)20(25)29)18(23)17(9)22/h2-4,9-10,15-18H,5-7H2,1H3,(H,24,26)/t9-,10-,15-,16-,17+,18+/m1/s1. The van der Waals surface area contributed by atoms with Crippen molar-refractivity contribution in [1.82, 2.24) is 4.90 Å². The molecule has 0 aromatic heterocycles. The van der Waals surface area contributed by atoms with Crippen LogP contribution >= 0.6 is 34.8 Å². The first kappa shape index (κ1) is 22.2. The second-order valence-electron chi connectivity index (χ2n) is 7.82. The smallest absolute Gasteiger partial charge is 0.326 e. The molecule has 1 heterocycles. The molecule has 3 fully saturated rings. The fraction of sp³-hybridized carbons (Fsp3) is 0.500. The number of amides is 3. The highest BCUT2D eigenvalue weighted by Crippen LogP contribution is 2.59. The molecular formula is C20H19Cl3N2O6. The number of anilines is 1. The topological polar surface area (TPSA) is 102 Å². The van der Waals surface area contributed by atoms with E-state index in [-0.39, 0.29) is 22.6 Å². The molecule has 1 aliphatic heterocycles. The van der Waals surface area contributed by atoms with Gasteiger partial charge in [-0.1, -0.05) is 11.6 Å². The average Bonchev–Trinajstić information content (AvgIpc) is 3.33. The average molecular weight is 490 g/mol. The molecule has 31 heavy (non-hydrogen) atoms. The van der Waals surface area contributed by atoms with Crippen LogP contribution < -0.4 is 10.1 Å². The first-order chi connectivity index (χ1) is 14.7. The van der Waals surface area contributed by atoms with Gasteiger partial charge in [-0.3, -0.25) is 24.1 Å². The third-order valence-corrected chi connectivity index (χ3v) is 7.72. The Bertz CT molecular complexity index is 925. The largest absolute Gasteiger partial charge is 0.495 e. The van der Waals surface area contributed by atoms with Gasteiger partial charge in [0.15, 0.2) is 6.61 Å². The Morgan fingerprint density at radius 2 is 1.74 bits per heavy atom. The second kappa shape index (κ2) is 8.48. The van der Waals surface area contributed by atoms with Crippen LogP contribution in [0, 0.1) is 23.7 Å². The van der Waals surface area contributed by atoms with E-state index in [2.05, 4.69) is 5.32 Å². The van der Waals surface area contributed by atoms with Crippen molar-refractivity contribution in [3.63, 3.8) is 0 Å². The minimum atomic E-state index is -0.868. The third kappa shape index (κ3) is 3.85. The van der Waals surface area contributed by atoms with Crippen molar-refractivity contribution >= 4 is 64.2 Å². The molecule has 3 amide bonds. The minimum Gasteiger partial charge on any atom is -0.495 e.